The third-order valence-electron chi connectivity index (χ3n) is 5.36. The second-order valence-electron chi connectivity index (χ2n) is 7.59. The van der Waals surface area contributed by atoms with Gasteiger partial charge < -0.3 is 25.9 Å². The number of hydrogen-bond acceptors (Lipinski definition) is 5. The lowest BCUT2D eigenvalue weighted by atomic mass is 10.1. The molecule has 30 heavy (non-hydrogen) atoms. The molecule has 2 aromatic carbocycles. The standard InChI is InChI=1S/C23H25N5O2/c1-25-19-8-7-18(11-17(19)12-24)27-20-4-2-3-16-9-10-28(23(30)22(16)20)14-21(29)26-13-15-5-6-15/h2-4,7-12,15,24-25,27H,5-6,13-14H2,1H3,(H,26,29). The van der Waals surface area contributed by atoms with Crippen molar-refractivity contribution in [3.8, 4) is 0 Å². The van der Waals surface area contributed by atoms with Gasteiger partial charge in [-0.05, 0) is 54.5 Å². The van der Waals surface area contributed by atoms with Crippen molar-refractivity contribution < 1.29 is 4.79 Å². The summed E-state index contributed by atoms with van der Waals surface area (Å²) in [6, 6.07) is 13.1. The van der Waals surface area contributed by atoms with E-state index in [9.17, 15) is 9.59 Å². The van der Waals surface area contributed by atoms with E-state index in [2.05, 4.69) is 16.0 Å². The van der Waals surface area contributed by atoms with Crippen LogP contribution in [0.5, 0.6) is 0 Å². The van der Waals surface area contributed by atoms with Crippen molar-refractivity contribution in [3.63, 3.8) is 0 Å². The number of fused-ring (bicyclic) bond motifs is 1. The van der Waals surface area contributed by atoms with E-state index in [0.717, 1.165) is 22.3 Å². The fraction of sp³-hybridized carbons (Fsp3) is 0.261. The van der Waals surface area contributed by atoms with Gasteiger partial charge in [0.1, 0.15) is 6.54 Å². The Labute approximate surface area is 174 Å². The molecule has 4 rings (SSSR count). The first-order valence-corrected chi connectivity index (χ1v) is 10.1. The third kappa shape index (κ3) is 4.20. The quantitative estimate of drug-likeness (QED) is 0.434. The number of aromatic nitrogens is 1. The molecular weight excluding hydrogens is 378 g/mol. The Balaban J connectivity index is 1.64. The average Bonchev–Trinajstić information content (AvgIpc) is 3.59. The van der Waals surface area contributed by atoms with E-state index in [1.807, 2.05) is 49.5 Å². The Kier molecular flexibility index (Phi) is 5.52. The van der Waals surface area contributed by atoms with Crippen molar-refractivity contribution in [2.45, 2.75) is 19.4 Å². The molecule has 0 spiro atoms. The molecular formula is C23H25N5O2. The largest absolute Gasteiger partial charge is 0.388 e. The minimum absolute atomic E-state index is 0.00461. The zero-order valence-corrected chi connectivity index (χ0v) is 16.9. The second kappa shape index (κ2) is 8.41. The van der Waals surface area contributed by atoms with E-state index in [0.29, 0.717) is 23.5 Å². The molecule has 154 valence electrons. The molecule has 0 radical (unpaired) electrons. The highest BCUT2D eigenvalue weighted by molar-refractivity contribution is 5.95. The van der Waals surface area contributed by atoms with Crippen LogP contribution in [0.15, 0.2) is 53.5 Å². The van der Waals surface area contributed by atoms with Gasteiger partial charge in [0.05, 0.1) is 11.1 Å². The van der Waals surface area contributed by atoms with E-state index in [1.54, 1.807) is 6.20 Å². The van der Waals surface area contributed by atoms with Crippen molar-refractivity contribution in [3.05, 3.63) is 64.6 Å². The lowest BCUT2D eigenvalue weighted by molar-refractivity contribution is -0.121. The van der Waals surface area contributed by atoms with Crippen LogP contribution in [0.1, 0.15) is 18.4 Å². The van der Waals surface area contributed by atoms with Gasteiger partial charge in [0.25, 0.3) is 5.56 Å². The van der Waals surface area contributed by atoms with E-state index in [-0.39, 0.29) is 18.0 Å². The lowest BCUT2D eigenvalue weighted by Gasteiger charge is -2.13. The van der Waals surface area contributed by atoms with Crippen molar-refractivity contribution in [1.29, 1.82) is 5.41 Å². The SMILES string of the molecule is CNc1ccc(Nc2cccc3ccn(CC(=O)NCC4CC4)c(=O)c23)cc1C=N. The first-order valence-electron chi connectivity index (χ1n) is 10.1. The molecule has 7 heteroatoms. The number of benzene rings is 2. The van der Waals surface area contributed by atoms with Crippen molar-refractivity contribution in [2.75, 3.05) is 24.2 Å². The van der Waals surface area contributed by atoms with E-state index in [1.165, 1.54) is 23.6 Å². The Hall–Kier alpha value is -3.61. The van der Waals surface area contributed by atoms with Gasteiger partial charge >= 0.3 is 0 Å². The Morgan fingerprint density at radius 1 is 1.20 bits per heavy atom. The summed E-state index contributed by atoms with van der Waals surface area (Å²) in [6.45, 7) is 0.691. The molecule has 1 aromatic heterocycles. The number of amides is 1. The van der Waals surface area contributed by atoms with Gasteiger partial charge in [-0.1, -0.05) is 12.1 Å². The smallest absolute Gasteiger partial charge is 0.261 e. The van der Waals surface area contributed by atoms with E-state index in [4.69, 9.17) is 5.41 Å². The first-order chi connectivity index (χ1) is 14.6. The minimum Gasteiger partial charge on any atom is -0.388 e. The molecule has 1 fully saturated rings. The summed E-state index contributed by atoms with van der Waals surface area (Å²) in [4.78, 5) is 25.4. The normalized spacial score (nSPS) is 13.1. The van der Waals surface area contributed by atoms with Gasteiger partial charge in [-0.15, -0.1) is 0 Å². The van der Waals surface area contributed by atoms with Crippen molar-refractivity contribution >= 4 is 40.0 Å². The number of rotatable bonds is 8. The van der Waals surface area contributed by atoms with Crippen LogP contribution < -0.4 is 21.5 Å². The molecule has 1 amide bonds. The molecule has 1 saturated carbocycles. The van der Waals surface area contributed by atoms with E-state index < -0.39 is 0 Å². The maximum Gasteiger partial charge on any atom is 0.261 e. The Morgan fingerprint density at radius 3 is 2.77 bits per heavy atom. The molecule has 0 unspecified atom stereocenters. The van der Waals surface area contributed by atoms with Gasteiger partial charge in [0, 0.05) is 42.9 Å². The second-order valence-corrected chi connectivity index (χ2v) is 7.59. The summed E-state index contributed by atoms with van der Waals surface area (Å²) in [6.07, 6.45) is 5.29. The molecule has 1 aliphatic rings. The summed E-state index contributed by atoms with van der Waals surface area (Å²) in [5, 5.41) is 18.2. The molecule has 0 bridgehead atoms. The van der Waals surface area contributed by atoms with Gasteiger partial charge in [-0.3, -0.25) is 9.59 Å². The van der Waals surface area contributed by atoms with Crippen LogP contribution in [0.3, 0.4) is 0 Å². The lowest BCUT2D eigenvalue weighted by Crippen LogP contribution is -2.33. The average molecular weight is 403 g/mol. The molecule has 1 aliphatic carbocycles. The zero-order valence-electron chi connectivity index (χ0n) is 16.9. The summed E-state index contributed by atoms with van der Waals surface area (Å²) in [5.74, 6) is 0.449. The van der Waals surface area contributed by atoms with Crippen LogP contribution in [0.25, 0.3) is 10.8 Å². The molecule has 1 heterocycles. The molecule has 0 atom stereocenters. The maximum atomic E-state index is 13.1. The number of nitrogens with zero attached hydrogens (tertiary/aromatic N) is 1. The molecule has 0 saturated heterocycles. The van der Waals surface area contributed by atoms with Crippen molar-refractivity contribution in [2.24, 2.45) is 5.92 Å². The highest BCUT2D eigenvalue weighted by atomic mass is 16.2. The predicted octanol–water partition coefficient (Wildman–Crippen LogP) is 3.31. The van der Waals surface area contributed by atoms with Gasteiger partial charge in [0.15, 0.2) is 0 Å². The topological polar surface area (TPSA) is 99.0 Å². The predicted molar refractivity (Wildman–Crippen MR) is 121 cm³/mol. The zero-order chi connectivity index (χ0) is 21.1. The number of carbonyl (C=O) groups is 1. The van der Waals surface area contributed by atoms with Crippen LogP contribution in [-0.4, -0.2) is 30.3 Å². The van der Waals surface area contributed by atoms with Crippen LogP contribution in [0.4, 0.5) is 17.1 Å². The van der Waals surface area contributed by atoms with Gasteiger partial charge in [0.2, 0.25) is 5.91 Å². The third-order valence-corrected chi connectivity index (χ3v) is 5.36. The fourth-order valence-electron chi connectivity index (χ4n) is 3.49. The molecule has 7 nitrogen and oxygen atoms in total. The summed E-state index contributed by atoms with van der Waals surface area (Å²) < 4.78 is 1.45. The summed E-state index contributed by atoms with van der Waals surface area (Å²) in [5.41, 5.74) is 2.83. The van der Waals surface area contributed by atoms with Gasteiger partial charge in [-0.25, -0.2) is 0 Å². The number of anilines is 3. The Bertz CT molecular complexity index is 1160. The number of carbonyl (C=O) groups excluding carboxylic acids is 1. The summed E-state index contributed by atoms with van der Waals surface area (Å²) >= 11 is 0. The monoisotopic (exact) mass is 403 g/mol. The van der Waals surface area contributed by atoms with Crippen LogP contribution >= 0.6 is 0 Å². The first kappa shape index (κ1) is 19.7. The maximum absolute atomic E-state index is 13.1. The molecule has 4 N–H and O–H groups in total. The number of hydrogen-bond donors (Lipinski definition) is 4. The van der Waals surface area contributed by atoms with Gasteiger partial charge in [-0.2, -0.15) is 0 Å². The van der Waals surface area contributed by atoms with Crippen LogP contribution in [0, 0.1) is 11.3 Å². The Morgan fingerprint density at radius 2 is 2.03 bits per heavy atom. The van der Waals surface area contributed by atoms with E-state index >= 15 is 0 Å². The molecule has 0 aliphatic heterocycles. The van der Waals surface area contributed by atoms with Crippen LogP contribution in [0.2, 0.25) is 0 Å². The number of nitrogens with one attached hydrogen (secondary N) is 4. The highest BCUT2D eigenvalue weighted by Crippen LogP contribution is 2.28. The van der Waals surface area contributed by atoms with Crippen LogP contribution in [-0.2, 0) is 11.3 Å². The minimum atomic E-state index is -0.212. The molecule has 3 aromatic rings. The number of pyridine rings is 1. The van der Waals surface area contributed by atoms with Crippen molar-refractivity contribution in [1.82, 2.24) is 9.88 Å². The fourth-order valence-corrected chi connectivity index (χ4v) is 3.49. The summed E-state index contributed by atoms with van der Waals surface area (Å²) in [7, 11) is 1.81. The highest BCUT2D eigenvalue weighted by Gasteiger charge is 2.21.